The molecule has 142 valence electrons. The maximum atomic E-state index is 14.2. The van der Waals surface area contributed by atoms with Crippen LogP contribution in [0.4, 0.5) is 13.9 Å². The van der Waals surface area contributed by atoms with Gasteiger partial charge < -0.3 is 15.2 Å². The second-order valence-corrected chi connectivity index (χ2v) is 8.54. The number of nitrogens with one attached hydrogen (secondary N) is 1. The molecule has 1 aromatic heterocycles. The summed E-state index contributed by atoms with van der Waals surface area (Å²) in [6.45, 7) is 2.57. The molecule has 2 aromatic rings. The summed E-state index contributed by atoms with van der Waals surface area (Å²) in [5.41, 5.74) is 6.10. The Morgan fingerprint density at radius 1 is 1.35 bits per heavy atom. The lowest BCUT2D eigenvalue weighted by Crippen LogP contribution is -2.33. The summed E-state index contributed by atoms with van der Waals surface area (Å²) in [4.78, 5) is 4.06. The van der Waals surface area contributed by atoms with E-state index in [1.54, 1.807) is 0 Å². The Balaban J connectivity index is 1.54. The third-order valence-electron chi connectivity index (χ3n) is 4.80. The molecule has 1 aromatic carbocycles. The zero-order chi connectivity index (χ0) is 18.6. The average Bonchev–Trinajstić information content (AvgIpc) is 3.13. The Labute approximate surface area is 160 Å². The van der Waals surface area contributed by atoms with Crippen molar-refractivity contribution in [3.8, 4) is 5.75 Å². The summed E-state index contributed by atoms with van der Waals surface area (Å²) in [5, 5.41) is 0.524. The Bertz CT molecular complexity index is 722. The highest BCUT2D eigenvalue weighted by atomic mass is 32.2. The summed E-state index contributed by atoms with van der Waals surface area (Å²) in [7, 11) is 0. The number of halogens is 2. The molecule has 3 rings (SSSR count). The molecular weight excluding hydrogens is 378 g/mol. The molecule has 1 saturated carbocycles. The largest absolute Gasteiger partial charge is 0.490 e. The van der Waals surface area contributed by atoms with E-state index in [0.29, 0.717) is 11.7 Å². The van der Waals surface area contributed by atoms with Crippen molar-refractivity contribution in [3.05, 3.63) is 30.1 Å². The Morgan fingerprint density at radius 3 is 2.81 bits per heavy atom. The average molecular weight is 401 g/mol. The van der Waals surface area contributed by atoms with Gasteiger partial charge >= 0.3 is 0 Å². The first-order valence-electron chi connectivity index (χ1n) is 8.52. The fourth-order valence-corrected chi connectivity index (χ4v) is 4.14. The van der Waals surface area contributed by atoms with Crippen molar-refractivity contribution < 1.29 is 13.5 Å². The standard InChI is InChI=1S/C17H22F2N4OS2/c1-17(4-2-11(20)3-5-17)6-7-24-14-8-13(19)15(9-12(14)18)25-23-16-21-10-22-26-16/h8-11H,2-7,20H2,1H3,(H,21,22,23). The van der Waals surface area contributed by atoms with Crippen molar-refractivity contribution in [2.75, 3.05) is 11.3 Å². The van der Waals surface area contributed by atoms with Crippen LogP contribution >= 0.6 is 23.5 Å². The third kappa shape index (κ3) is 5.05. The molecule has 1 heterocycles. The zero-order valence-electron chi connectivity index (χ0n) is 14.5. The van der Waals surface area contributed by atoms with E-state index in [-0.39, 0.29) is 22.1 Å². The summed E-state index contributed by atoms with van der Waals surface area (Å²) in [6.07, 6.45) is 6.29. The number of rotatable bonds is 7. The van der Waals surface area contributed by atoms with Gasteiger partial charge in [0.15, 0.2) is 11.6 Å². The molecule has 1 aliphatic rings. The molecular formula is C17H22F2N4OS2. The summed E-state index contributed by atoms with van der Waals surface area (Å²) in [5.74, 6) is -1.18. The first-order chi connectivity index (χ1) is 12.5. The first kappa shape index (κ1) is 19.3. The van der Waals surface area contributed by atoms with E-state index in [9.17, 15) is 8.78 Å². The molecule has 1 fully saturated rings. The second kappa shape index (κ2) is 8.49. The van der Waals surface area contributed by atoms with Gasteiger partial charge in [-0.25, -0.2) is 13.8 Å². The van der Waals surface area contributed by atoms with Crippen LogP contribution in [-0.4, -0.2) is 22.0 Å². The second-order valence-electron chi connectivity index (χ2n) is 6.91. The molecule has 0 saturated heterocycles. The molecule has 0 bridgehead atoms. The molecule has 0 amide bonds. The number of anilines is 1. The van der Waals surface area contributed by atoms with Crippen molar-refractivity contribution in [1.29, 1.82) is 0 Å². The lowest BCUT2D eigenvalue weighted by Gasteiger charge is -2.36. The van der Waals surface area contributed by atoms with Gasteiger partial charge in [-0.2, -0.15) is 4.37 Å². The fraction of sp³-hybridized carbons (Fsp3) is 0.529. The van der Waals surface area contributed by atoms with Gasteiger partial charge in [-0.05, 0) is 55.5 Å². The number of ether oxygens (including phenoxy) is 1. The molecule has 26 heavy (non-hydrogen) atoms. The van der Waals surface area contributed by atoms with E-state index >= 15 is 0 Å². The molecule has 3 N–H and O–H groups in total. The summed E-state index contributed by atoms with van der Waals surface area (Å²) >= 11 is 2.09. The van der Waals surface area contributed by atoms with Crippen LogP contribution in [0.1, 0.15) is 39.0 Å². The third-order valence-corrected chi connectivity index (χ3v) is 6.33. The molecule has 0 spiro atoms. The Kier molecular flexibility index (Phi) is 6.31. The van der Waals surface area contributed by atoms with Crippen LogP contribution in [0.15, 0.2) is 23.4 Å². The van der Waals surface area contributed by atoms with Crippen molar-refractivity contribution >= 4 is 28.6 Å². The van der Waals surface area contributed by atoms with Crippen LogP contribution < -0.4 is 15.2 Å². The normalized spacial score (nSPS) is 23.0. The van der Waals surface area contributed by atoms with Gasteiger partial charge in [-0.1, -0.05) is 6.92 Å². The number of nitrogens with zero attached hydrogens (tertiary/aromatic N) is 2. The van der Waals surface area contributed by atoms with Gasteiger partial charge in [0.1, 0.15) is 12.1 Å². The topological polar surface area (TPSA) is 73.1 Å². The van der Waals surface area contributed by atoms with E-state index in [1.807, 2.05) is 0 Å². The summed E-state index contributed by atoms with van der Waals surface area (Å²) in [6, 6.07) is 2.51. The Hall–Kier alpha value is -1.45. The highest BCUT2D eigenvalue weighted by Crippen LogP contribution is 2.38. The van der Waals surface area contributed by atoms with Crippen molar-refractivity contribution in [1.82, 2.24) is 9.36 Å². The van der Waals surface area contributed by atoms with E-state index in [1.165, 1.54) is 6.33 Å². The molecule has 0 aliphatic heterocycles. The van der Waals surface area contributed by atoms with Crippen LogP contribution in [-0.2, 0) is 0 Å². The minimum atomic E-state index is -0.580. The predicted molar refractivity (Wildman–Crippen MR) is 100 cm³/mol. The van der Waals surface area contributed by atoms with Crippen molar-refractivity contribution in [2.45, 2.75) is 50.0 Å². The molecule has 0 atom stereocenters. The molecule has 9 heteroatoms. The highest BCUT2D eigenvalue weighted by Gasteiger charge is 2.29. The van der Waals surface area contributed by atoms with Crippen LogP contribution in [0.2, 0.25) is 0 Å². The quantitative estimate of drug-likeness (QED) is 0.661. The smallest absolute Gasteiger partial charge is 0.212 e. The fourth-order valence-electron chi connectivity index (χ4n) is 3.01. The van der Waals surface area contributed by atoms with E-state index in [4.69, 9.17) is 10.5 Å². The van der Waals surface area contributed by atoms with Gasteiger partial charge in [0.05, 0.1) is 11.5 Å². The van der Waals surface area contributed by atoms with Crippen molar-refractivity contribution in [3.63, 3.8) is 0 Å². The van der Waals surface area contributed by atoms with Gasteiger partial charge in [-0.15, -0.1) is 0 Å². The highest BCUT2D eigenvalue weighted by molar-refractivity contribution is 8.00. The molecule has 0 radical (unpaired) electrons. The number of nitrogens with two attached hydrogens (primary N) is 1. The van der Waals surface area contributed by atoms with Gasteiger partial charge in [0.25, 0.3) is 0 Å². The van der Waals surface area contributed by atoms with Crippen LogP contribution in [0, 0.1) is 17.0 Å². The van der Waals surface area contributed by atoms with Crippen LogP contribution in [0.3, 0.4) is 0 Å². The molecule has 1 aliphatic carbocycles. The monoisotopic (exact) mass is 400 g/mol. The molecule has 0 unspecified atom stereocenters. The maximum Gasteiger partial charge on any atom is 0.212 e. The molecule has 5 nitrogen and oxygen atoms in total. The minimum Gasteiger partial charge on any atom is -0.490 e. The maximum absolute atomic E-state index is 14.2. The number of benzene rings is 1. The van der Waals surface area contributed by atoms with Crippen LogP contribution in [0.25, 0.3) is 0 Å². The van der Waals surface area contributed by atoms with E-state index in [2.05, 4.69) is 21.0 Å². The number of hydrogen-bond acceptors (Lipinski definition) is 7. The zero-order valence-corrected chi connectivity index (χ0v) is 16.1. The van der Waals surface area contributed by atoms with Gasteiger partial charge in [-0.3, -0.25) is 0 Å². The number of hydrogen-bond donors (Lipinski definition) is 2. The SMILES string of the molecule is CC1(CCOc2cc(F)c(SNc3ncns3)cc2F)CCC(N)CC1. The number of aromatic nitrogens is 2. The van der Waals surface area contributed by atoms with Gasteiger partial charge in [0, 0.05) is 23.6 Å². The minimum absolute atomic E-state index is 0.0566. The van der Waals surface area contributed by atoms with Gasteiger partial charge in [0.2, 0.25) is 5.13 Å². The van der Waals surface area contributed by atoms with Crippen molar-refractivity contribution in [2.24, 2.45) is 11.1 Å². The predicted octanol–water partition coefficient (Wildman–Crippen LogP) is 4.61. The first-order valence-corrected chi connectivity index (χ1v) is 10.1. The van der Waals surface area contributed by atoms with E-state index < -0.39 is 11.6 Å². The van der Waals surface area contributed by atoms with Crippen LogP contribution in [0.5, 0.6) is 5.75 Å². The lowest BCUT2D eigenvalue weighted by atomic mass is 9.72. The van der Waals surface area contributed by atoms with E-state index in [0.717, 1.165) is 67.7 Å². The summed E-state index contributed by atoms with van der Waals surface area (Å²) < 4.78 is 40.6. The lowest BCUT2D eigenvalue weighted by molar-refractivity contribution is 0.146. The Morgan fingerprint density at radius 2 is 2.12 bits per heavy atom.